The van der Waals surface area contributed by atoms with Gasteiger partial charge in [0.2, 0.25) is 0 Å². The quantitative estimate of drug-likeness (QED) is 0.155. The highest BCUT2D eigenvalue weighted by Gasteiger charge is 2.29. The second kappa shape index (κ2) is 16.0. The van der Waals surface area contributed by atoms with Gasteiger partial charge in [-0.3, -0.25) is 0 Å². The van der Waals surface area contributed by atoms with Crippen LogP contribution < -0.4 is 4.90 Å². The summed E-state index contributed by atoms with van der Waals surface area (Å²) in [7, 11) is 0. The number of hydrogen-bond acceptors (Lipinski definition) is 2. The van der Waals surface area contributed by atoms with Crippen LogP contribution in [0.25, 0.3) is 98.4 Å². The van der Waals surface area contributed by atoms with E-state index in [4.69, 9.17) is 4.42 Å². The molecule has 0 aliphatic heterocycles. The molecular weight excluding hydrogens is 835 g/mol. The summed E-state index contributed by atoms with van der Waals surface area (Å²) in [6.45, 7) is 0. The average Bonchev–Trinajstić information content (AvgIpc) is 3.71. The third-order valence-corrected chi connectivity index (χ3v) is 14.9. The molecule has 0 fully saturated rings. The lowest BCUT2D eigenvalue weighted by atomic mass is 9.83. The van der Waals surface area contributed by atoms with E-state index in [-0.39, 0.29) is 5.92 Å². The van der Waals surface area contributed by atoms with E-state index >= 15 is 0 Å². The van der Waals surface area contributed by atoms with E-state index in [1.54, 1.807) is 0 Å². The summed E-state index contributed by atoms with van der Waals surface area (Å²) in [5.74, 6) is 0.185. The van der Waals surface area contributed by atoms with Gasteiger partial charge in [-0.15, -0.1) is 0 Å². The van der Waals surface area contributed by atoms with Crippen LogP contribution in [0.4, 0.5) is 17.1 Å². The first-order valence-corrected chi connectivity index (χ1v) is 24.2. The number of aryl methyl sites for hydroxylation is 1. The number of hydrogen-bond donors (Lipinski definition) is 0. The van der Waals surface area contributed by atoms with E-state index in [9.17, 15) is 0 Å². The smallest absolute Gasteiger partial charge is 0.136 e. The Morgan fingerprint density at radius 2 is 0.928 bits per heavy atom. The van der Waals surface area contributed by atoms with Gasteiger partial charge in [-0.2, -0.15) is 0 Å². The molecule has 2 nitrogen and oxygen atoms in total. The van der Waals surface area contributed by atoms with Gasteiger partial charge in [0, 0.05) is 39.3 Å². The largest absolute Gasteiger partial charge is 0.456 e. The zero-order valence-electron chi connectivity index (χ0n) is 37.9. The summed E-state index contributed by atoms with van der Waals surface area (Å²) in [6.07, 6.45) is 1.88. The Labute approximate surface area is 401 Å². The maximum Gasteiger partial charge on any atom is 0.136 e. The highest BCUT2D eigenvalue weighted by molar-refractivity contribution is 6.26. The first kappa shape index (κ1) is 39.4. The van der Waals surface area contributed by atoms with Crippen LogP contribution in [0.1, 0.15) is 29.0 Å². The van der Waals surface area contributed by atoms with Gasteiger partial charge in [0.25, 0.3) is 0 Å². The fourth-order valence-corrected chi connectivity index (χ4v) is 11.7. The molecule has 69 heavy (non-hydrogen) atoms. The lowest BCUT2D eigenvalue weighted by Gasteiger charge is -2.27. The van der Waals surface area contributed by atoms with E-state index in [1.807, 2.05) is 0 Å². The molecule has 0 spiro atoms. The van der Waals surface area contributed by atoms with Gasteiger partial charge in [-0.25, -0.2) is 0 Å². The van der Waals surface area contributed by atoms with Gasteiger partial charge < -0.3 is 9.32 Å². The molecule has 0 N–H and O–H groups in total. The molecule has 1 aliphatic carbocycles. The standard InChI is InChI=1S/C67H45NO/c1-2-14-43(15-3-1)45-26-33-50(34-27-45)68(52-37-28-44-16-4-5-17-47(44)40-52)51-35-29-46(30-36-51)53-38-31-49-42-64-67(61-24-12-13-25-63(61)69-64)66(65(49)60-23-11-10-18-54(53)60)48-32-39-59-57-21-7-6-19-55(57)56-20-8-9-22-58(56)62(59)41-48/h1-30,32-37,39-42,53H,31,38H2. The van der Waals surface area contributed by atoms with Crippen LogP contribution in [-0.4, -0.2) is 0 Å². The molecule has 0 bridgehead atoms. The summed E-state index contributed by atoms with van der Waals surface area (Å²) in [6, 6.07) is 89.4. The third-order valence-electron chi connectivity index (χ3n) is 14.9. The van der Waals surface area contributed by atoms with Crippen molar-refractivity contribution in [3.8, 4) is 33.4 Å². The Morgan fingerprint density at radius 3 is 1.68 bits per heavy atom. The first-order chi connectivity index (χ1) is 34.2. The molecule has 1 aromatic heterocycles. The Hall–Kier alpha value is -8.72. The predicted octanol–water partition coefficient (Wildman–Crippen LogP) is 18.7. The Kier molecular flexibility index (Phi) is 9.13. The maximum atomic E-state index is 6.79. The van der Waals surface area contributed by atoms with Crippen molar-refractivity contribution >= 4 is 82.1 Å². The van der Waals surface area contributed by atoms with Crippen molar-refractivity contribution in [2.45, 2.75) is 18.8 Å². The minimum absolute atomic E-state index is 0.185. The summed E-state index contributed by atoms with van der Waals surface area (Å²) >= 11 is 0. The van der Waals surface area contributed by atoms with E-state index in [1.165, 1.54) is 98.5 Å². The molecule has 14 rings (SSSR count). The van der Waals surface area contributed by atoms with Crippen molar-refractivity contribution in [1.29, 1.82) is 0 Å². The molecule has 12 aromatic carbocycles. The number of anilines is 3. The molecule has 324 valence electrons. The van der Waals surface area contributed by atoms with Gasteiger partial charge in [0.15, 0.2) is 0 Å². The summed E-state index contributed by atoms with van der Waals surface area (Å²) in [5, 5.41) is 12.4. The molecule has 0 saturated carbocycles. The molecule has 2 heteroatoms. The Balaban J connectivity index is 0.919. The number of para-hydroxylation sites is 1. The Bertz CT molecular complexity index is 4090. The number of rotatable bonds is 6. The molecule has 1 heterocycles. The van der Waals surface area contributed by atoms with Crippen LogP contribution in [0.3, 0.4) is 0 Å². The zero-order valence-corrected chi connectivity index (χ0v) is 37.9. The lowest BCUT2D eigenvalue weighted by Crippen LogP contribution is -2.10. The first-order valence-electron chi connectivity index (χ1n) is 24.2. The molecule has 0 radical (unpaired) electrons. The van der Waals surface area contributed by atoms with E-state index in [0.717, 1.165) is 46.5 Å². The number of fused-ring (bicyclic) bond motifs is 13. The van der Waals surface area contributed by atoms with Crippen LogP contribution in [0, 0.1) is 0 Å². The molecule has 1 aliphatic rings. The van der Waals surface area contributed by atoms with Gasteiger partial charge in [0.1, 0.15) is 11.2 Å². The van der Waals surface area contributed by atoms with Crippen LogP contribution in [0.5, 0.6) is 0 Å². The lowest BCUT2D eigenvalue weighted by molar-refractivity contribution is 0.667. The molecular formula is C67H45NO. The normalized spacial score (nSPS) is 13.5. The van der Waals surface area contributed by atoms with Gasteiger partial charge in [0.05, 0.1) is 0 Å². The average molecular weight is 880 g/mol. The summed E-state index contributed by atoms with van der Waals surface area (Å²) in [4.78, 5) is 2.39. The molecule has 1 atom stereocenters. The van der Waals surface area contributed by atoms with Crippen molar-refractivity contribution in [1.82, 2.24) is 0 Å². The Morgan fingerprint density at radius 1 is 0.362 bits per heavy atom. The van der Waals surface area contributed by atoms with Crippen molar-refractivity contribution in [3.63, 3.8) is 0 Å². The van der Waals surface area contributed by atoms with Crippen LogP contribution in [-0.2, 0) is 6.42 Å². The van der Waals surface area contributed by atoms with Crippen molar-refractivity contribution in [2.75, 3.05) is 4.90 Å². The van der Waals surface area contributed by atoms with Gasteiger partial charge in [-0.1, -0.05) is 188 Å². The van der Waals surface area contributed by atoms with Gasteiger partial charge in [-0.05, 0) is 155 Å². The van der Waals surface area contributed by atoms with E-state index < -0.39 is 0 Å². The molecule has 1 unspecified atom stereocenters. The third kappa shape index (κ3) is 6.48. The van der Waals surface area contributed by atoms with Crippen molar-refractivity contribution < 1.29 is 4.42 Å². The topological polar surface area (TPSA) is 16.4 Å². The molecule has 13 aromatic rings. The van der Waals surface area contributed by atoms with E-state index in [2.05, 4.69) is 248 Å². The highest BCUT2D eigenvalue weighted by Crippen LogP contribution is 2.51. The maximum absolute atomic E-state index is 6.79. The van der Waals surface area contributed by atoms with Crippen LogP contribution >= 0.6 is 0 Å². The summed E-state index contributed by atoms with van der Waals surface area (Å²) < 4.78 is 6.79. The number of furan rings is 1. The second-order valence-corrected chi connectivity index (χ2v) is 18.7. The van der Waals surface area contributed by atoms with Gasteiger partial charge >= 0.3 is 0 Å². The van der Waals surface area contributed by atoms with Crippen molar-refractivity contribution in [3.05, 3.63) is 259 Å². The van der Waals surface area contributed by atoms with Crippen LogP contribution in [0.15, 0.2) is 247 Å². The zero-order chi connectivity index (χ0) is 45.4. The molecule has 0 amide bonds. The SMILES string of the molecule is c1ccc(-c2ccc(N(c3ccc(C4CCc5cc6oc7ccccc7c6c(-c6ccc7c8ccccc8c8ccccc8c7c6)c5-c5ccccc54)cc3)c3ccc4ccccc4c3)cc2)cc1. The fraction of sp³-hybridized carbons (Fsp3) is 0.0448. The number of nitrogens with zero attached hydrogens (tertiary/aromatic N) is 1. The predicted molar refractivity (Wildman–Crippen MR) is 291 cm³/mol. The minimum Gasteiger partial charge on any atom is -0.456 e. The fourth-order valence-electron chi connectivity index (χ4n) is 11.7. The summed E-state index contributed by atoms with van der Waals surface area (Å²) in [5.41, 5.74) is 16.7. The number of benzene rings is 12. The second-order valence-electron chi connectivity index (χ2n) is 18.7. The highest BCUT2D eigenvalue weighted by atomic mass is 16.3. The minimum atomic E-state index is 0.185. The monoisotopic (exact) mass is 879 g/mol. The van der Waals surface area contributed by atoms with Crippen LogP contribution in [0.2, 0.25) is 0 Å². The van der Waals surface area contributed by atoms with E-state index in [0.29, 0.717) is 0 Å². The molecule has 0 saturated heterocycles. The van der Waals surface area contributed by atoms with Crippen molar-refractivity contribution in [2.24, 2.45) is 0 Å².